The van der Waals surface area contributed by atoms with Gasteiger partial charge in [0.15, 0.2) is 5.41 Å². The topological polar surface area (TPSA) is 141 Å². The quantitative estimate of drug-likeness (QED) is 0.596. The molecule has 0 aliphatic heterocycles. The number of carbonyl (C=O) groups excluding carboxylic acids is 1. The van der Waals surface area contributed by atoms with E-state index >= 15 is 0 Å². The second kappa shape index (κ2) is 6.31. The molecule has 2 aliphatic carbocycles. The van der Waals surface area contributed by atoms with Crippen LogP contribution in [0.15, 0.2) is 30.3 Å². The fourth-order valence-electron chi connectivity index (χ4n) is 2.08. The van der Waals surface area contributed by atoms with E-state index in [1.165, 1.54) is 0 Å². The maximum absolute atomic E-state index is 11.6. The van der Waals surface area contributed by atoms with Gasteiger partial charge in [-0.25, -0.2) is 0 Å². The number of carboxylic acids is 3. The molecule has 8 heteroatoms. The standard InChI is InChI=1S/C11H11NO3.C5H6O4/c13-9(11(6-7-11)10(14)15)12-8-4-2-1-3-5-8;6-3(7)5(1-2-5)4(8)9/h1-5H,6-7H2,(H,12,13)(H,14,15);1-2H2,(H,6,7)(H,8,9). The van der Waals surface area contributed by atoms with E-state index in [2.05, 4.69) is 5.32 Å². The van der Waals surface area contributed by atoms with Gasteiger partial charge in [0, 0.05) is 5.69 Å². The minimum atomic E-state index is -1.42. The van der Waals surface area contributed by atoms with Gasteiger partial charge >= 0.3 is 17.9 Å². The molecule has 0 atom stereocenters. The molecule has 0 bridgehead atoms. The summed E-state index contributed by atoms with van der Waals surface area (Å²) in [4.78, 5) is 42.8. The largest absolute Gasteiger partial charge is 0.480 e. The number of aliphatic carboxylic acids is 3. The van der Waals surface area contributed by atoms with Gasteiger partial charge in [-0.15, -0.1) is 0 Å². The number of carbonyl (C=O) groups is 4. The van der Waals surface area contributed by atoms with Crippen molar-refractivity contribution < 1.29 is 34.5 Å². The number of hydrogen-bond acceptors (Lipinski definition) is 4. The van der Waals surface area contributed by atoms with E-state index < -0.39 is 34.6 Å². The zero-order chi connectivity index (χ0) is 18.0. The highest BCUT2D eigenvalue weighted by molar-refractivity contribution is 6.10. The van der Waals surface area contributed by atoms with Gasteiger partial charge in [-0.3, -0.25) is 19.2 Å². The predicted molar refractivity (Wildman–Crippen MR) is 81.3 cm³/mol. The monoisotopic (exact) mass is 335 g/mol. The van der Waals surface area contributed by atoms with Crippen LogP contribution in [0, 0.1) is 10.8 Å². The highest BCUT2D eigenvalue weighted by Crippen LogP contribution is 2.47. The minimum absolute atomic E-state index is 0.275. The van der Waals surface area contributed by atoms with Crippen molar-refractivity contribution in [3.05, 3.63) is 30.3 Å². The fraction of sp³-hybridized carbons (Fsp3) is 0.375. The first kappa shape index (κ1) is 17.5. The summed E-state index contributed by atoms with van der Waals surface area (Å²) in [6, 6.07) is 8.87. The Labute approximate surface area is 137 Å². The Balaban J connectivity index is 0.000000198. The zero-order valence-electron chi connectivity index (χ0n) is 12.7. The fourth-order valence-corrected chi connectivity index (χ4v) is 2.08. The van der Waals surface area contributed by atoms with Gasteiger partial charge in [-0.1, -0.05) is 18.2 Å². The van der Waals surface area contributed by atoms with Gasteiger partial charge in [0.1, 0.15) is 5.41 Å². The van der Waals surface area contributed by atoms with Crippen LogP contribution in [0.25, 0.3) is 0 Å². The second-order valence-corrected chi connectivity index (χ2v) is 5.90. The van der Waals surface area contributed by atoms with Crippen molar-refractivity contribution in [2.75, 3.05) is 5.32 Å². The van der Waals surface area contributed by atoms with E-state index in [0.717, 1.165) is 0 Å². The van der Waals surface area contributed by atoms with Crippen molar-refractivity contribution in [3.8, 4) is 0 Å². The normalized spacial score (nSPS) is 18.3. The Morgan fingerprint density at radius 2 is 1.17 bits per heavy atom. The van der Waals surface area contributed by atoms with Crippen molar-refractivity contribution in [2.45, 2.75) is 25.7 Å². The number of hydrogen-bond donors (Lipinski definition) is 4. The van der Waals surface area contributed by atoms with Crippen LogP contribution in [0.1, 0.15) is 25.7 Å². The first-order valence-corrected chi connectivity index (χ1v) is 7.31. The van der Waals surface area contributed by atoms with E-state index in [4.69, 9.17) is 15.3 Å². The highest BCUT2D eigenvalue weighted by Gasteiger charge is 2.58. The van der Waals surface area contributed by atoms with E-state index in [-0.39, 0.29) is 12.8 Å². The van der Waals surface area contributed by atoms with Gasteiger partial charge < -0.3 is 20.6 Å². The molecule has 8 nitrogen and oxygen atoms in total. The van der Waals surface area contributed by atoms with E-state index in [9.17, 15) is 19.2 Å². The van der Waals surface area contributed by atoms with Crippen molar-refractivity contribution in [3.63, 3.8) is 0 Å². The maximum Gasteiger partial charge on any atom is 0.321 e. The summed E-state index contributed by atoms with van der Waals surface area (Å²) in [6.07, 6.45) is 1.41. The van der Waals surface area contributed by atoms with Crippen LogP contribution in [-0.4, -0.2) is 39.1 Å². The molecule has 24 heavy (non-hydrogen) atoms. The molecule has 2 fully saturated rings. The Morgan fingerprint density at radius 3 is 1.46 bits per heavy atom. The molecule has 0 radical (unpaired) electrons. The van der Waals surface area contributed by atoms with Crippen molar-refractivity contribution in [1.82, 2.24) is 0 Å². The van der Waals surface area contributed by atoms with Gasteiger partial charge in [-0.2, -0.15) is 0 Å². The van der Waals surface area contributed by atoms with E-state index in [0.29, 0.717) is 18.5 Å². The molecule has 2 aliphatic rings. The number of rotatable bonds is 5. The van der Waals surface area contributed by atoms with E-state index in [1.54, 1.807) is 24.3 Å². The summed E-state index contributed by atoms with van der Waals surface area (Å²) in [5, 5.41) is 28.1. The van der Waals surface area contributed by atoms with Crippen molar-refractivity contribution in [2.24, 2.45) is 10.8 Å². The van der Waals surface area contributed by atoms with Gasteiger partial charge in [0.25, 0.3) is 0 Å². The molecular weight excluding hydrogens is 318 g/mol. The number of nitrogens with one attached hydrogen (secondary N) is 1. The number of para-hydroxylation sites is 1. The van der Waals surface area contributed by atoms with Crippen LogP contribution in [-0.2, 0) is 19.2 Å². The van der Waals surface area contributed by atoms with E-state index in [1.807, 2.05) is 6.07 Å². The zero-order valence-corrected chi connectivity index (χ0v) is 12.7. The molecule has 0 unspecified atom stereocenters. The molecule has 128 valence electrons. The minimum Gasteiger partial charge on any atom is -0.480 e. The number of amides is 1. The molecule has 0 spiro atoms. The average molecular weight is 335 g/mol. The Bertz CT molecular complexity index is 659. The first-order valence-electron chi connectivity index (χ1n) is 7.31. The van der Waals surface area contributed by atoms with Crippen LogP contribution >= 0.6 is 0 Å². The van der Waals surface area contributed by atoms with Gasteiger partial charge in [-0.05, 0) is 37.8 Å². The average Bonchev–Trinajstić information content (AvgIpc) is 3.39. The van der Waals surface area contributed by atoms with Gasteiger partial charge in [0.05, 0.1) is 0 Å². The molecule has 1 aromatic carbocycles. The molecular formula is C16H17NO7. The predicted octanol–water partition coefficient (Wildman–Crippen LogP) is 1.43. The third kappa shape index (κ3) is 3.37. The second-order valence-electron chi connectivity index (χ2n) is 5.90. The number of anilines is 1. The van der Waals surface area contributed by atoms with Crippen molar-refractivity contribution >= 4 is 29.5 Å². The summed E-state index contributed by atoms with van der Waals surface area (Å²) in [5.41, 5.74) is -1.95. The Hall–Kier alpha value is -2.90. The summed E-state index contributed by atoms with van der Waals surface area (Å²) >= 11 is 0. The third-order valence-corrected chi connectivity index (χ3v) is 4.19. The SMILES string of the molecule is O=C(O)C1(C(=O)Nc2ccccc2)CC1.O=C(O)C1(C(=O)O)CC1. The maximum atomic E-state index is 11.6. The summed E-state index contributed by atoms with van der Waals surface area (Å²) < 4.78 is 0. The van der Waals surface area contributed by atoms with Gasteiger partial charge in [0.2, 0.25) is 5.91 Å². The summed E-state index contributed by atoms with van der Waals surface area (Å²) in [5.74, 6) is -3.87. The lowest BCUT2D eigenvalue weighted by atomic mass is 10.1. The molecule has 1 amide bonds. The number of carboxylic acid groups (broad SMARTS) is 3. The Kier molecular flexibility index (Phi) is 4.59. The summed E-state index contributed by atoms with van der Waals surface area (Å²) in [6.45, 7) is 0. The van der Waals surface area contributed by atoms with Crippen LogP contribution in [0.2, 0.25) is 0 Å². The third-order valence-electron chi connectivity index (χ3n) is 4.19. The van der Waals surface area contributed by atoms with Crippen LogP contribution < -0.4 is 5.32 Å². The smallest absolute Gasteiger partial charge is 0.321 e. The lowest BCUT2D eigenvalue weighted by molar-refractivity contribution is -0.157. The lowest BCUT2D eigenvalue weighted by Crippen LogP contribution is -2.31. The first-order chi connectivity index (χ1) is 11.2. The molecule has 1 aromatic rings. The lowest BCUT2D eigenvalue weighted by Gasteiger charge is -2.10. The van der Waals surface area contributed by atoms with Crippen LogP contribution in [0.3, 0.4) is 0 Å². The van der Waals surface area contributed by atoms with Crippen LogP contribution in [0.5, 0.6) is 0 Å². The molecule has 3 rings (SSSR count). The number of benzene rings is 1. The highest BCUT2D eigenvalue weighted by atomic mass is 16.4. The molecule has 2 saturated carbocycles. The van der Waals surface area contributed by atoms with Crippen LogP contribution in [0.4, 0.5) is 5.69 Å². The molecule has 4 N–H and O–H groups in total. The molecule has 0 saturated heterocycles. The van der Waals surface area contributed by atoms with Crippen molar-refractivity contribution in [1.29, 1.82) is 0 Å². The molecule has 0 heterocycles. The molecule has 0 aromatic heterocycles. The summed E-state index contributed by atoms with van der Waals surface area (Å²) in [7, 11) is 0. The Morgan fingerprint density at radius 1 is 0.750 bits per heavy atom.